The zero-order chi connectivity index (χ0) is 44.6. The lowest BCUT2D eigenvalue weighted by Crippen LogP contribution is -2.51. The number of benzene rings is 3. The number of halogens is 1. The molecular formula is C46H53ClN8O7S2. The molecule has 1 amide bonds. The Morgan fingerprint density at radius 2 is 1.86 bits per heavy atom. The number of rotatable bonds is 12. The molecule has 0 bridgehead atoms. The van der Waals surface area contributed by atoms with Crippen molar-refractivity contribution in [1.29, 1.82) is 0 Å². The topological polar surface area (TPSA) is 175 Å². The Morgan fingerprint density at radius 3 is 2.62 bits per heavy atom. The van der Waals surface area contributed by atoms with Crippen LogP contribution in [-0.2, 0) is 19.5 Å². The van der Waals surface area contributed by atoms with Crippen LogP contribution in [0.1, 0.15) is 49.0 Å². The van der Waals surface area contributed by atoms with Crippen LogP contribution in [0.25, 0.3) is 11.6 Å². The van der Waals surface area contributed by atoms with Gasteiger partial charge in [-0.3, -0.25) is 24.8 Å². The minimum absolute atomic E-state index is 0.123. The molecule has 338 valence electrons. The van der Waals surface area contributed by atoms with E-state index in [0.717, 1.165) is 85.2 Å². The van der Waals surface area contributed by atoms with Gasteiger partial charge in [0.1, 0.15) is 16.5 Å². The predicted molar refractivity (Wildman–Crippen MR) is 251 cm³/mol. The lowest BCUT2D eigenvalue weighted by molar-refractivity contribution is -0.384. The van der Waals surface area contributed by atoms with Gasteiger partial charge in [-0.1, -0.05) is 43.2 Å². The third-order valence-electron chi connectivity index (χ3n) is 12.8. The standard InChI is InChI=1S/C46H53ClN8O7S2/c1-46(2)13-11-32(38(26-46)30-3-5-33(47)6-4-30)28-52-15-17-53(18-16-52)34-7-9-37(40(24-34)54-19-22-63-45-42(54)23-31-12-14-48-43(31)50-45)44(56)51-64(59,60)36-8-10-39(41(25-36)55(57)58)49-27-35-29-61-20-21-62-35/h3-10,12,14,23-25,35,42,45,49H,11,13,15-22,26-29H2,1-2H3,(H,48,50)(H,51,56)/t35-,42?,45?/m0/s1. The molecule has 1 aliphatic carbocycles. The van der Waals surface area contributed by atoms with Crippen LogP contribution in [0.3, 0.4) is 0 Å². The smallest absolute Gasteiger partial charge is 0.293 e. The molecule has 3 N–H and O–H groups in total. The number of nitrogens with zero attached hydrogens (tertiary/aromatic N) is 5. The Labute approximate surface area is 382 Å². The summed E-state index contributed by atoms with van der Waals surface area (Å²) in [6.45, 7) is 10.9. The fraction of sp³-hybridized carbons (Fsp3) is 0.435. The third kappa shape index (κ3) is 9.70. The van der Waals surface area contributed by atoms with E-state index in [9.17, 15) is 23.3 Å². The summed E-state index contributed by atoms with van der Waals surface area (Å²) in [5.74, 6) is -0.0952. The van der Waals surface area contributed by atoms with E-state index in [1.165, 1.54) is 28.8 Å². The Bertz CT molecular complexity index is 2680. The van der Waals surface area contributed by atoms with Crippen LogP contribution in [0.4, 0.5) is 22.7 Å². The highest BCUT2D eigenvalue weighted by Gasteiger charge is 2.36. The fourth-order valence-electron chi connectivity index (χ4n) is 9.31. The number of allylic oxidation sites excluding steroid dienone is 1. The normalized spacial score (nSPS) is 22.5. The van der Waals surface area contributed by atoms with Crippen LogP contribution in [0.5, 0.6) is 0 Å². The summed E-state index contributed by atoms with van der Waals surface area (Å²) in [6.07, 6.45) is 6.93. The van der Waals surface area contributed by atoms with E-state index in [2.05, 4.69) is 61.8 Å². The maximum Gasteiger partial charge on any atom is 0.293 e. The Kier molecular flexibility index (Phi) is 12.8. The number of piperazine rings is 1. The van der Waals surface area contributed by atoms with Crippen molar-refractivity contribution in [1.82, 2.24) is 14.6 Å². The van der Waals surface area contributed by atoms with Crippen molar-refractivity contribution in [2.75, 3.05) is 86.5 Å². The van der Waals surface area contributed by atoms with Crippen molar-refractivity contribution < 1.29 is 27.6 Å². The number of H-pyrrole nitrogens is 1. The quantitative estimate of drug-likeness (QED) is 0.118. The first-order valence-electron chi connectivity index (χ1n) is 21.8. The number of ether oxygens (including phenoxy) is 2. The number of thioether (sulfide) groups is 1. The zero-order valence-corrected chi connectivity index (χ0v) is 38.3. The average molecular weight is 930 g/mol. The first-order chi connectivity index (χ1) is 30.8. The number of nitrogens with one attached hydrogen (secondary N) is 3. The minimum Gasteiger partial charge on any atom is -0.377 e. The predicted octanol–water partition coefficient (Wildman–Crippen LogP) is 5.67. The van der Waals surface area contributed by atoms with Crippen LogP contribution in [0, 0.1) is 15.5 Å². The molecule has 4 aliphatic heterocycles. The van der Waals surface area contributed by atoms with E-state index in [1.54, 1.807) is 17.8 Å². The Balaban J connectivity index is 0.967. The number of hydrogen-bond acceptors (Lipinski definition) is 13. The summed E-state index contributed by atoms with van der Waals surface area (Å²) < 4.78 is 41.1. The fourth-order valence-corrected chi connectivity index (χ4v) is 11.6. The Hall–Kier alpha value is -4.91. The van der Waals surface area contributed by atoms with Gasteiger partial charge in [-0.2, -0.15) is 0 Å². The molecule has 1 aromatic heterocycles. The molecule has 5 aliphatic rings. The molecule has 0 saturated carbocycles. The van der Waals surface area contributed by atoms with Crippen molar-refractivity contribution in [3.8, 4) is 0 Å². The number of anilines is 3. The van der Waals surface area contributed by atoms with Crippen molar-refractivity contribution in [3.05, 3.63) is 115 Å². The first kappa shape index (κ1) is 44.3. The van der Waals surface area contributed by atoms with Gasteiger partial charge in [0.15, 0.2) is 0 Å². The van der Waals surface area contributed by atoms with Gasteiger partial charge in [0.05, 0.1) is 53.0 Å². The van der Waals surface area contributed by atoms with Crippen molar-refractivity contribution in [2.24, 2.45) is 10.4 Å². The second-order valence-electron chi connectivity index (χ2n) is 17.7. The lowest BCUT2D eigenvalue weighted by Gasteiger charge is -2.42. The third-order valence-corrected chi connectivity index (χ3v) is 15.5. The van der Waals surface area contributed by atoms with Crippen molar-refractivity contribution >= 4 is 73.7 Å². The maximum atomic E-state index is 14.3. The molecule has 3 aromatic carbocycles. The molecule has 3 atom stereocenters. The second-order valence-corrected chi connectivity index (χ2v) is 21.1. The molecule has 18 heteroatoms. The van der Waals surface area contributed by atoms with E-state index in [0.29, 0.717) is 32.1 Å². The number of aromatic amines is 1. The highest BCUT2D eigenvalue weighted by atomic mass is 35.5. The van der Waals surface area contributed by atoms with Gasteiger partial charge in [-0.25, -0.2) is 13.1 Å². The Morgan fingerprint density at radius 1 is 1.05 bits per heavy atom. The number of hydrogen-bond donors (Lipinski definition) is 3. The van der Waals surface area contributed by atoms with Gasteiger partial charge >= 0.3 is 0 Å². The lowest BCUT2D eigenvalue weighted by atomic mass is 9.72. The number of amides is 1. The van der Waals surface area contributed by atoms with Crippen LogP contribution < -0.4 is 30.5 Å². The number of carbonyl (C=O) groups is 1. The van der Waals surface area contributed by atoms with Gasteiger partial charge in [-0.05, 0) is 90.4 Å². The van der Waals surface area contributed by atoms with Crippen LogP contribution in [-0.4, -0.2) is 118 Å². The van der Waals surface area contributed by atoms with Gasteiger partial charge in [0.25, 0.3) is 21.6 Å². The molecule has 4 aromatic rings. The molecule has 15 nitrogen and oxygen atoms in total. The van der Waals surface area contributed by atoms with E-state index in [4.69, 9.17) is 26.1 Å². The molecule has 3 fully saturated rings. The van der Waals surface area contributed by atoms with Crippen LogP contribution >= 0.6 is 23.4 Å². The SMILES string of the molecule is CC1(C)CCC(CN2CCN(c3ccc(C(=O)NS(=O)(=O)c4ccc(NC[C@H]5COCCO5)c([N+](=O)[O-])c4)c(N4CCSC5N=c6[nH]ccc6=CC54)c3)CC2)=C(c2ccc(Cl)cc2)C1. The highest BCUT2D eigenvalue weighted by molar-refractivity contribution is 8.00. The zero-order valence-electron chi connectivity index (χ0n) is 35.9. The maximum absolute atomic E-state index is 14.3. The summed E-state index contributed by atoms with van der Waals surface area (Å²) in [5.41, 5.74) is 6.58. The van der Waals surface area contributed by atoms with Gasteiger partial charge < -0.3 is 29.6 Å². The molecule has 5 heterocycles. The summed E-state index contributed by atoms with van der Waals surface area (Å²) >= 11 is 8.01. The molecule has 0 radical (unpaired) electrons. The molecular weight excluding hydrogens is 876 g/mol. The summed E-state index contributed by atoms with van der Waals surface area (Å²) in [6, 6.07) is 19.1. The summed E-state index contributed by atoms with van der Waals surface area (Å²) in [7, 11) is -4.55. The van der Waals surface area contributed by atoms with Gasteiger partial charge in [0.2, 0.25) is 0 Å². The van der Waals surface area contributed by atoms with E-state index in [1.807, 2.05) is 36.5 Å². The minimum atomic E-state index is -4.55. The van der Waals surface area contributed by atoms with E-state index in [-0.39, 0.29) is 40.7 Å². The monoisotopic (exact) mass is 928 g/mol. The molecule has 64 heavy (non-hydrogen) atoms. The number of carbonyl (C=O) groups excluding carboxylic acids is 1. The number of nitro benzene ring substituents is 1. The number of aromatic nitrogens is 1. The number of sulfonamides is 1. The molecule has 2 unspecified atom stereocenters. The van der Waals surface area contributed by atoms with Gasteiger partial charge in [-0.15, -0.1) is 11.8 Å². The highest BCUT2D eigenvalue weighted by Crippen LogP contribution is 2.44. The summed E-state index contributed by atoms with van der Waals surface area (Å²) in [4.78, 5) is 40.6. The molecule has 0 spiro atoms. The van der Waals surface area contributed by atoms with Crippen LogP contribution in [0.2, 0.25) is 5.02 Å². The largest absolute Gasteiger partial charge is 0.377 e. The number of nitro groups is 1. The number of fused-ring (bicyclic) bond motifs is 2. The van der Waals surface area contributed by atoms with Crippen LogP contribution in [0.15, 0.2) is 88.4 Å². The first-order valence-corrected chi connectivity index (χ1v) is 24.7. The van der Waals surface area contributed by atoms with Gasteiger partial charge in [0, 0.05) is 79.8 Å². The average Bonchev–Trinajstić information content (AvgIpc) is 3.76. The molecule has 3 saturated heterocycles. The van der Waals surface area contributed by atoms with Crippen molar-refractivity contribution in [3.63, 3.8) is 0 Å². The van der Waals surface area contributed by atoms with E-state index >= 15 is 0 Å². The molecule has 9 rings (SSSR count). The summed E-state index contributed by atoms with van der Waals surface area (Å²) in [5, 5.41) is 16.7. The van der Waals surface area contributed by atoms with Crippen molar-refractivity contribution in [2.45, 2.75) is 55.5 Å². The second kappa shape index (κ2) is 18.5. The van der Waals surface area contributed by atoms with E-state index < -0.39 is 31.4 Å².